The second kappa shape index (κ2) is 10.2. The quantitative estimate of drug-likeness (QED) is 0.500. The Morgan fingerprint density at radius 3 is 2.19 bits per heavy atom. The zero-order valence-corrected chi connectivity index (χ0v) is 13.5. The zero-order chi connectivity index (χ0) is 16.3. The van der Waals surface area contributed by atoms with Crippen LogP contribution in [0.15, 0.2) is 0 Å². The van der Waals surface area contributed by atoms with Gasteiger partial charge in [-0.2, -0.15) is 0 Å². The molecule has 0 aromatic rings. The van der Waals surface area contributed by atoms with Gasteiger partial charge in [-0.3, -0.25) is 14.4 Å². The Bertz CT molecular complexity index is 358. The molecule has 0 rings (SSSR count). The van der Waals surface area contributed by atoms with Crippen LogP contribution in [0, 0.1) is 0 Å². The van der Waals surface area contributed by atoms with Gasteiger partial charge in [-0.05, 0) is 20.3 Å². The highest BCUT2D eigenvalue weighted by molar-refractivity contribution is 5.95. The number of amides is 3. The lowest BCUT2D eigenvalue weighted by Crippen LogP contribution is -2.58. The van der Waals surface area contributed by atoms with Crippen LogP contribution in [-0.4, -0.2) is 29.8 Å². The Hall–Kier alpha value is -1.59. The van der Waals surface area contributed by atoms with Crippen molar-refractivity contribution < 1.29 is 14.4 Å². The minimum Gasteiger partial charge on any atom is -0.370 e. The second-order valence-corrected chi connectivity index (χ2v) is 5.55. The lowest BCUT2D eigenvalue weighted by Gasteiger charge is -2.28. The summed E-state index contributed by atoms with van der Waals surface area (Å²) in [4.78, 5) is 35.1. The molecular weight excluding hydrogens is 270 g/mol. The molecule has 0 unspecified atom stereocenters. The van der Waals surface area contributed by atoms with Gasteiger partial charge in [0.1, 0.15) is 5.54 Å². The highest BCUT2D eigenvalue weighted by Gasteiger charge is 2.36. The van der Waals surface area contributed by atoms with Crippen molar-refractivity contribution >= 4 is 17.7 Å². The SMILES string of the molecule is CCCCCCCC(=O)N[C@](C)(CC(N)=O)C(=O)NCC. The molecule has 0 heterocycles. The molecule has 0 bridgehead atoms. The first-order chi connectivity index (χ1) is 9.85. The van der Waals surface area contributed by atoms with Gasteiger partial charge in [0.25, 0.3) is 0 Å². The summed E-state index contributed by atoms with van der Waals surface area (Å²) in [6, 6.07) is 0. The summed E-state index contributed by atoms with van der Waals surface area (Å²) in [5.41, 5.74) is 3.90. The van der Waals surface area contributed by atoms with Gasteiger partial charge in [0.05, 0.1) is 6.42 Å². The van der Waals surface area contributed by atoms with Crippen LogP contribution in [0.2, 0.25) is 0 Å². The predicted molar refractivity (Wildman–Crippen MR) is 82.4 cm³/mol. The van der Waals surface area contributed by atoms with Crippen molar-refractivity contribution in [2.24, 2.45) is 5.73 Å². The molecule has 122 valence electrons. The number of rotatable bonds is 11. The van der Waals surface area contributed by atoms with E-state index in [0.717, 1.165) is 25.7 Å². The smallest absolute Gasteiger partial charge is 0.245 e. The van der Waals surface area contributed by atoms with E-state index in [1.807, 2.05) is 0 Å². The molecule has 0 aromatic heterocycles. The predicted octanol–water partition coefficient (Wildman–Crippen LogP) is 1.23. The number of carbonyl (C=O) groups is 3. The summed E-state index contributed by atoms with van der Waals surface area (Å²) in [5, 5.41) is 5.27. The van der Waals surface area contributed by atoms with Crippen molar-refractivity contribution in [3.8, 4) is 0 Å². The van der Waals surface area contributed by atoms with E-state index in [9.17, 15) is 14.4 Å². The van der Waals surface area contributed by atoms with Crippen LogP contribution in [0.3, 0.4) is 0 Å². The minimum atomic E-state index is -1.28. The molecule has 0 radical (unpaired) electrons. The fourth-order valence-electron chi connectivity index (χ4n) is 2.14. The first-order valence-corrected chi connectivity index (χ1v) is 7.73. The van der Waals surface area contributed by atoms with Crippen molar-refractivity contribution in [2.75, 3.05) is 6.54 Å². The van der Waals surface area contributed by atoms with E-state index in [-0.39, 0.29) is 18.2 Å². The summed E-state index contributed by atoms with van der Waals surface area (Å²) in [5.74, 6) is -1.23. The minimum absolute atomic E-state index is 0.208. The summed E-state index contributed by atoms with van der Waals surface area (Å²) in [6.45, 7) is 5.87. The molecule has 1 atom stereocenters. The third-order valence-corrected chi connectivity index (χ3v) is 3.29. The van der Waals surface area contributed by atoms with Crippen molar-refractivity contribution in [3.63, 3.8) is 0 Å². The Balaban J connectivity index is 4.42. The molecule has 4 N–H and O–H groups in total. The van der Waals surface area contributed by atoms with Gasteiger partial charge >= 0.3 is 0 Å². The monoisotopic (exact) mass is 299 g/mol. The zero-order valence-electron chi connectivity index (χ0n) is 13.5. The average Bonchev–Trinajstić information content (AvgIpc) is 2.37. The molecule has 21 heavy (non-hydrogen) atoms. The third kappa shape index (κ3) is 8.32. The fourth-order valence-corrected chi connectivity index (χ4v) is 2.14. The number of likely N-dealkylation sites (N-methyl/N-ethyl adjacent to an activating group) is 1. The van der Waals surface area contributed by atoms with Crippen molar-refractivity contribution in [1.29, 1.82) is 0 Å². The lowest BCUT2D eigenvalue weighted by atomic mass is 9.95. The van der Waals surface area contributed by atoms with E-state index in [0.29, 0.717) is 13.0 Å². The normalized spacial score (nSPS) is 13.3. The van der Waals surface area contributed by atoms with Crippen molar-refractivity contribution in [1.82, 2.24) is 10.6 Å². The van der Waals surface area contributed by atoms with E-state index < -0.39 is 11.4 Å². The van der Waals surface area contributed by atoms with Gasteiger partial charge < -0.3 is 16.4 Å². The Kier molecular flexibility index (Phi) is 9.41. The van der Waals surface area contributed by atoms with E-state index in [4.69, 9.17) is 5.73 Å². The lowest BCUT2D eigenvalue weighted by molar-refractivity contribution is -0.135. The van der Waals surface area contributed by atoms with Crippen LogP contribution >= 0.6 is 0 Å². The Morgan fingerprint density at radius 1 is 1.05 bits per heavy atom. The molecule has 6 heteroatoms. The van der Waals surface area contributed by atoms with Crippen molar-refractivity contribution in [2.45, 2.75) is 71.3 Å². The van der Waals surface area contributed by atoms with Gasteiger partial charge in [-0.25, -0.2) is 0 Å². The Morgan fingerprint density at radius 2 is 1.67 bits per heavy atom. The van der Waals surface area contributed by atoms with Crippen LogP contribution in [0.5, 0.6) is 0 Å². The number of nitrogens with one attached hydrogen (secondary N) is 2. The maximum Gasteiger partial charge on any atom is 0.245 e. The molecular formula is C15H29N3O3. The number of carbonyl (C=O) groups excluding carboxylic acids is 3. The standard InChI is InChI=1S/C15H29N3O3/c1-4-6-7-8-9-10-13(20)18-15(3,11-12(16)19)14(21)17-5-2/h4-11H2,1-3H3,(H2,16,19)(H,17,21)(H,18,20)/t15-/m1/s1. The van der Waals surface area contributed by atoms with E-state index in [1.165, 1.54) is 13.3 Å². The molecule has 0 aliphatic heterocycles. The first kappa shape index (κ1) is 19.4. The van der Waals surface area contributed by atoms with Crippen molar-refractivity contribution in [3.05, 3.63) is 0 Å². The van der Waals surface area contributed by atoms with Gasteiger partial charge in [-0.15, -0.1) is 0 Å². The second-order valence-electron chi connectivity index (χ2n) is 5.55. The van der Waals surface area contributed by atoms with Gasteiger partial charge in [0.2, 0.25) is 17.7 Å². The number of primary amides is 1. The number of nitrogens with two attached hydrogens (primary N) is 1. The summed E-state index contributed by atoms with van der Waals surface area (Å²) in [6.07, 6.45) is 5.36. The summed E-state index contributed by atoms with van der Waals surface area (Å²) >= 11 is 0. The highest BCUT2D eigenvalue weighted by Crippen LogP contribution is 2.12. The average molecular weight is 299 g/mol. The molecule has 3 amide bonds. The van der Waals surface area contributed by atoms with E-state index >= 15 is 0 Å². The third-order valence-electron chi connectivity index (χ3n) is 3.29. The van der Waals surface area contributed by atoms with Crippen LogP contribution in [0.1, 0.15) is 65.7 Å². The maximum atomic E-state index is 12.0. The Labute approximate surface area is 127 Å². The summed E-state index contributed by atoms with van der Waals surface area (Å²) < 4.78 is 0. The molecule has 0 saturated heterocycles. The fraction of sp³-hybridized carbons (Fsp3) is 0.800. The van der Waals surface area contributed by atoms with E-state index in [2.05, 4.69) is 17.6 Å². The summed E-state index contributed by atoms with van der Waals surface area (Å²) in [7, 11) is 0. The molecule has 0 saturated carbocycles. The van der Waals surface area contributed by atoms with Crippen LogP contribution in [-0.2, 0) is 14.4 Å². The topological polar surface area (TPSA) is 101 Å². The first-order valence-electron chi connectivity index (χ1n) is 7.73. The maximum absolute atomic E-state index is 12.0. The van der Waals surface area contributed by atoms with Gasteiger partial charge in [0, 0.05) is 13.0 Å². The molecule has 0 aliphatic rings. The van der Waals surface area contributed by atoms with Crippen LogP contribution in [0.25, 0.3) is 0 Å². The number of unbranched alkanes of at least 4 members (excludes halogenated alkanes) is 4. The molecule has 0 aromatic carbocycles. The van der Waals surface area contributed by atoms with Gasteiger partial charge in [0.15, 0.2) is 0 Å². The van der Waals surface area contributed by atoms with Gasteiger partial charge in [-0.1, -0.05) is 32.6 Å². The number of hydrogen-bond acceptors (Lipinski definition) is 3. The molecule has 0 aliphatic carbocycles. The highest BCUT2D eigenvalue weighted by atomic mass is 16.2. The van der Waals surface area contributed by atoms with Crippen LogP contribution in [0.4, 0.5) is 0 Å². The van der Waals surface area contributed by atoms with Crippen LogP contribution < -0.4 is 16.4 Å². The molecule has 0 spiro atoms. The number of hydrogen-bond donors (Lipinski definition) is 3. The largest absolute Gasteiger partial charge is 0.370 e. The molecule has 0 fully saturated rings. The molecule has 6 nitrogen and oxygen atoms in total. The van der Waals surface area contributed by atoms with E-state index in [1.54, 1.807) is 6.92 Å².